The Kier molecular flexibility index (Phi) is 4.41. The maximum absolute atomic E-state index is 12.0. The zero-order valence-electron chi connectivity index (χ0n) is 10.5. The third-order valence-corrected chi connectivity index (χ3v) is 3.93. The summed E-state index contributed by atoms with van der Waals surface area (Å²) in [6.45, 7) is -0.528. The zero-order chi connectivity index (χ0) is 14.7. The van der Waals surface area contributed by atoms with E-state index in [2.05, 4.69) is 0 Å². The maximum Gasteiger partial charge on any atom is 0.266 e. The molecule has 0 aliphatic carbocycles. The van der Waals surface area contributed by atoms with E-state index in [1.807, 2.05) is 6.07 Å². The number of nitrogens with zero attached hydrogens (tertiary/aromatic N) is 1. The number of carboxylic acid groups (broad SMARTS) is 1. The molecule has 104 valence electrons. The van der Waals surface area contributed by atoms with Crippen LogP contribution in [0.5, 0.6) is 5.75 Å². The second kappa shape index (κ2) is 6.06. The van der Waals surface area contributed by atoms with E-state index in [-0.39, 0.29) is 4.32 Å². The first-order chi connectivity index (χ1) is 9.51. The van der Waals surface area contributed by atoms with Gasteiger partial charge in [-0.05, 0) is 23.8 Å². The van der Waals surface area contributed by atoms with E-state index < -0.39 is 18.4 Å². The molecule has 0 spiro atoms. The highest BCUT2D eigenvalue weighted by Gasteiger charge is 2.31. The SMILES string of the molecule is COc1cccc(C=C2SC(=S)N(CC(=O)[O-])C2=O)c1. The number of carboxylic acids is 1. The number of hydrogen-bond donors (Lipinski definition) is 0. The minimum atomic E-state index is -1.34. The van der Waals surface area contributed by atoms with Crippen LogP contribution in [0.25, 0.3) is 6.08 Å². The van der Waals surface area contributed by atoms with E-state index in [1.165, 1.54) is 0 Å². The van der Waals surface area contributed by atoms with Gasteiger partial charge in [-0.25, -0.2) is 0 Å². The summed E-state index contributed by atoms with van der Waals surface area (Å²) in [5.74, 6) is -1.10. The number of thioether (sulfide) groups is 1. The number of benzene rings is 1. The predicted molar refractivity (Wildman–Crippen MR) is 77.9 cm³/mol. The summed E-state index contributed by atoms with van der Waals surface area (Å²) in [4.78, 5) is 24.0. The second-order valence-electron chi connectivity index (χ2n) is 3.92. The molecular weight excluding hydrogens is 298 g/mol. The molecule has 1 aliphatic rings. The summed E-state index contributed by atoms with van der Waals surface area (Å²) in [5, 5.41) is 10.6. The number of rotatable bonds is 4. The lowest BCUT2D eigenvalue weighted by Crippen LogP contribution is -2.40. The molecule has 0 unspecified atom stereocenters. The highest BCUT2D eigenvalue weighted by Crippen LogP contribution is 2.32. The molecule has 1 heterocycles. The molecule has 1 saturated heterocycles. The fourth-order valence-corrected chi connectivity index (χ4v) is 2.90. The van der Waals surface area contributed by atoms with Gasteiger partial charge in [-0.3, -0.25) is 9.69 Å². The Balaban J connectivity index is 2.25. The van der Waals surface area contributed by atoms with Crippen molar-refractivity contribution in [1.82, 2.24) is 4.90 Å². The molecule has 1 aliphatic heterocycles. The average Bonchev–Trinajstić information content (AvgIpc) is 2.66. The van der Waals surface area contributed by atoms with Gasteiger partial charge in [0.1, 0.15) is 10.1 Å². The summed E-state index contributed by atoms with van der Waals surface area (Å²) in [6.07, 6.45) is 1.65. The van der Waals surface area contributed by atoms with Crippen molar-refractivity contribution in [2.75, 3.05) is 13.7 Å². The number of hydrogen-bond acceptors (Lipinski definition) is 6. The van der Waals surface area contributed by atoms with Gasteiger partial charge in [0.15, 0.2) is 0 Å². The van der Waals surface area contributed by atoms with Crippen molar-refractivity contribution < 1.29 is 19.4 Å². The van der Waals surface area contributed by atoms with Crippen LogP contribution in [0, 0.1) is 0 Å². The van der Waals surface area contributed by atoms with E-state index in [9.17, 15) is 14.7 Å². The van der Waals surface area contributed by atoms with Crippen molar-refractivity contribution in [3.63, 3.8) is 0 Å². The minimum absolute atomic E-state index is 0.216. The molecule has 0 atom stereocenters. The van der Waals surface area contributed by atoms with Crippen molar-refractivity contribution in [2.45, 2.75) is 0 Å². The number of thiocarbonyl (C=S) groups is 1. The monoisotopic (exact) mass is 308 g/mol. The number of carbonyl (C=O) groups is 2. The van der Waals surface area contributed by atoms with Crippen LogP contribution in [0.3, 0.4) is 0 Å². The molecule has 0 bridgehead atoms. The average molecular weight is 308 g/mol. The zero-order valence-corrected chi connectivity index (χ0v) is 12.1. The maximum atomic E-state index is 12.0. The molecule has 7 heteroatoms. The molecule has 20 heavy (non-hydrogen) atoms. The van der Waals surface area contributed by atoms with Gasteiger partial charge in [0.2, 0.25) is 0 Å². The number of amides is 1. The molecule has 1 aromatic rings. The highest BCUT2D eigenvalue weighted by molar-refractivity contribution is 8.26. The van der Waals surface area contributed by atoms with Gasteiger partial charge in [0.25, 0.3) is 5.91 Å². The van der Waals surface area contributed by atoms with E-state index >= 15 is 0 Å². The topological polar surface area (TPSA) is 69.7 Å². The molecule has 2 rings (SSSR count). The molecule has 0 N–H and O–H groups in total. The Morgan fingerprint density at radius 2 is 2.30 bits per heavy atom. The summed E-state index contributed by atoms with van der Waals surface area (Å²) in [7, 11) is 1.55. The Bertz CT molecular complexity index is 612. The molecular formula is C13H10NO4S2-. The predicted octanol–water partition coefficient (Wildman–Crippen LogP) is 0.646. The van der Waals surface area contributed by atoms with Crippen LogP contribution in [0.15, 0.2) is 29.2 Å². The van der Waals surface area contributed by atoms with Gasteiger partial charge < -0.3 is 14.6 Å². The van der Waals surface area contributed by atoms with Crippen molar-refractivity contribution in [1.29, 1.82) is 0 Å². The number of ether oxygens (including phenoxy) is 1. The normalized spacial score (nSPS) is 16.9. The Labute approximate surface area is 125 Å². The van der Waals surface area contributed by atoms with Crippen LogP contribution in [0.1, 0.15) is 5.56 Å². The van der Waals surface area contributed by atoms with Gasteiger partial charge in [0, 0.05) is 0 Å². The van der Waals surface area contributed by atoms with Gasteiger partial charge in [0.05, 0.1) is 24.5 Å². The molecule has 0 radical (unpaired) electrons. The van der Waals surface area contributed by atoms with E-state index in [0.29, 0.717) is 10.7 Å². The smallest absolute Gasteiger partial charge is 0.266 e. The fourth-order valence-electron chi connectivity index (χ4n) is 1.65. The van der Waals surface area contributed by atoms with Crippen molar-refractivity contribution in [2.24, 2.45) is 0 Å². The van der Waals surface area contributed by atoms with Crippen LogP contribution in [0.2, 0.25) is 0 Å². The van der Waals surface area contributed by atoms with Gasteiger partial charge in [-0.1, -0.05) is 36.1 Å². The van der Waals surface area contributed by atoms with Crippen LogP contribution in [0.4, 0.5) is 0 Å². The lowest BCUT2D eigenvalue weighted by Gasteiger charge is -2.14. The standard InChI is InChI=1S/C13H11NO4S2/c1-18-9-4-2-3-8(5-9)6-10-12(17)14(7-11(15)16)13(19)20-10/h2-6H,7H2,1H3,(H,15,16)/p-1. The molecule has 1 amide bonds. The molecule has 1 fully saturated rings. The van der Waals surface area contributed by atoms with Gasteiger partial charge >= 0.3 is 0 Å². The first-order valence-electron chi connectivity index (χ1n) is 5.60. The van der Waals surface area contributed by atoms with Crippen LogP contribution < -0.4 is 9.84 Å². The van der Waals surface area contributed by atoms with E-state index in [4.69, 9.17) is 17.0 Å². The first-order valence-corrected chi connectivity index (χ1v) is 6.83. The molecule has 0 aromatic heterocycles. The number of carbonyl (C=O) groups excluding carboxylic acids is 2. The van der Waals surface area contributed by atoms with Crippen molar-refractivity contribution in [3.8, 4) is 5.75 Å². The summed E-state index contributed by atoms with van der Waals surface area (Å²) in [5.41, 5.74) is 0.776. The highest BCUT2D eigenvalue weighted by atomic mass is 32.2. The van der Waals surface area contributed by atoms with E-state index in [1.54, 1.807) is 31.4 Å². The molecule has 0 saturated carbocycles. The summed E-state index contributed by atoms with van der Waals surface area (Å²) in [6, 6.07) is 7.17. The Morgan fingerprint density at radius 1 is 1.55 bits per heavy atom. The lowest BCUT2D eigenvalue weighted by atomic mass is 10.2. The van der Waals surface area contributed by atoms with Crippen LogP contribution >= 0.6 is 24.0 Å². The van der Waals surface area contributed by atoms with Gasteiger partial charge in [-0.2, -0.15) is 0 Å². The minimum Gasteiger partial charge on any atom is -0.548 e. The largest absolute Gasteiger partial charge is 0.548 e. The third kappa shape index (κ3) is 3.17. The number of methoxy groups -OCH3 is 1. The summed E-state index contributed by atoms with van der Waals surface area (Å²) < 4.78 is 5.31. The fraction of sp³-hybridized carbons (Fsp3) is 0.154. The van der Waals surface area contributed by atoms with Crippen molar-refractivity contribution >= 4 is 46.3 Å². The van der Waals surface area contributed by atoms with Gasteiger partial charge in [-0.15, -0.1) is 0 Å². The summed E-state index contributed by atoms with van der Waals surface area (Å²) >= 11 is 6.06. The lowest BCUT2D eigenvalue weighted by molar-refractivity contribution is -0.305. The van der Waals surface area contributed by atoms with E-state index in [0.717, 1.165) is 22.2 Å². The Hall–Kier alpha value is -1.86. The quantitative estimate of drug-likeness (QED) is 0.601. The number of aliphatic carboxylic acids is 1. The van der Waals surface area contributed by atoms with Crippen LogP contribution in [-0.4, -0.2) is 34.8 Å². The first kappa shape index (κ1) is 14.5. The molecule has 1 aromatic carbocycles. The van der Waals surface area contributed by atoms with Crippen molar-refractivity contribution in [3.05, 3.63) is 34.7 Å². The Morgan fingerprint density at radius 3 is 2.95 bits per heavy atom. The second-order valence-corrected chi connectivity index (χ2v) is 5.59. The molecule has 5 nitrogen and oxygen atoms in total. The third-order valence-electron chi connectivity index (χ3n) is 2.55. The van der Waals surface area contributed by atoms with Crippen LogP contribution in [-0.2, 0) is 9.59 Å².